The van der Waals surface area contributed by atoms with Crippen molar-refractivity contribution in [2.75, 3.05) is 0 Å². The monoisotopic (exact) mass is 334 g/mol. The summed E-state index contributed by atoms with van der Waals surface area (Å²) in [7, 11) is -15.5. The van der Waals surface area contributed by atoms with E-state index >= 15 is 0 Å². The van der Waals surface area contributed by atoms with Crippen molar-refractivity contribution in [2.24, 2.45) is 0 Å². The summed E-state index contributed by atoms with van der Waals surface area (Å²) in [5, 5.41) is 9.19. The Morgan fingerprint density at radius 1 is 0.632 bits per heavy atom. The van der Waals surface area contributed by atoms with Gasteiger partial charge in [0.2, 0.25) is 0 Å². The van der Waals surface area contributed by atoms with Gasteiger partial charge in [-0.15, -0.1) is 0 Å². The molecule has 0 fully saturated rings. The summed E-state index contributed by atoms with van der Waals surface area (Å²) in [5.41, 5.74) is 0. The maximum Gasteiger partial charge on any atom is 0.298 e. The minimum Gasteiger partial charge on any atom is -0.506 e. The first-order chi connectivity index (χ1) is 8.24. The smallest absolute Gasteiger partial charge is 0.298 e. The van der Waals surface area contributed by atoms with Crippen LogP contribution in [0.25, 0.3) is 0 Å². The highest BCUT2D eigenvalue weighted by atomic mass is 32.2. The van der Waals surface area contributed by atoms with Crippen molar-refractivity contribution in [3.63, 3.8) is 0 Å². The van der Waals surface area contributed by atoms with Crippen molar-refractivity contribution in [3.8, 4) is 5.75 Å². The van der Waals surface area contributed by atoms with Crippen molar-refractivity contribution < 1.29 is 44.0 Å². The van der Waals surface area contributed by atoms with Gasteiger partial charge in [0.25, 0.3) is 30.4 Å². The molecule has 0 saturated heterocycles. The van der Waals surface area contributed by atoms with Crippen LogP contribution in [0.1, 0.15) is 0 Å². The molecule has 108 valence electrons. The van der Waals surface area contributed by atoms with Gasteiger partial charge >= 0.3 is 0 Å². The fourth-order valence-corrected chi connectivity index (χ4v) is 3.59. The van der Waals surface area contributed by atoms with Gasteiger partial charge in [0.15, 0.2) is 0 Å². The Bertz CT molecular complexity index is 829. The lowest BCUT2D eigenvalue weighted by Gasteiger charge is -2.08. The molecule has 1 aromatic rings. The molecule has 0 atom stereocenters. The van der Waals surface area contributed by atoms with Crippen LogP contribution in [0.3, 0.4) is 0 Å². The van der Waals surface area contributed by atoms with E-state index in [2.05, 4.69) is 0 Å². The van der Waals surface area contributed by atoms with Crippen molar-refractivity contribution in [1.29, 1.82) is 0 Å². The molecular weight excluding hydrogens is 328 g/mol. The van der Waals surface area contributed by atoms with Gasteiger partial charge < -0.3 is 5.11 Å². The van der Waals surface area contributed by atoms with Crippen LogP contribution in [0, 0.1) is 0 Å². The van der Waals surface area contributed by atoms with Crippen LogP contribution in [0.15, 0.2) is 26.8 Å². The molecule has 0 aromatic heterocycles. The fraction of sp³-hybridized carbons (Fsp3) is 0. The number of aromatic hydroxyl groups is 1. The van der Waals surface area contributed by atoms with Gasteiger partial charge in [-0.1, -0.05) is 0 Å². The van der Waals surface area contributed by atoms with Crippen LogP contribution < -0.4 is 0 Å². The van der Waals surface area contributed by atoms with E-state index in [0.717, 1.165) is 0 Å². The molecule has 0 bridgehead atoms. The molecule has 4 N–H and O–H groups in total. The van der Waals surface area contributed by atoms with E-state index in [0.29, 0.717) is 0 Å². The van der Waals surface area contributed by atoms with E-state index in [-0.39, 0.29) is 12.1 Å². The molecule has 1 aromatic carbocycles. The van der Waals surface area contributed by atoms with E-state index in [1.807, 2.05) is 0 Å². The highest BCUT2D eigenvalue weighted by molar-refractivity contribution is 7.89. The Balaban J connectivity index is 3.98. The first kappa shape index (κ1) is 15.8. The second-order valence-electron chi connectivity index (χ2n) is 3.19. The number of phenols is 1. The van der Waals surface area contributed by atoms with E-state index < -0.39 is 50.8 Å². The number of hydrogen-bond donors (Lipinski definition) is 4. The lowest BCUT2D eigenvalue weighted by Crippen LogP contribution is -2.10. The van der Waals surface area contributed by atoms with Gasteiger partial charge in [0.05, 0.1) is 0 Å². The van der Waals surface area contributed by atoms with Gasteiger partial charge in [-0.3, -0.25) is 13.7 Å². The van der Waals surface area contributed by atoms with Crippen LogP contribution in [0.5, 0.6) is 5.75 Å². The molecular formula is C6H6O10S3. The molecule has 0 spiro atoms. The van der Waals surface area contributed by atoms with Crippen LogP contribution in [-0.2, 0) is 30.4 Å². The van der Waals surface area contributed by atoms with Gasteiger partial charge in [0.1, 0.15) is 20.4 Å². The standard InChI is InChI=1S/C6H6O10S3/c7-3-1-5(18(11,12)13)6(19(14,15)16)2-4(3)17(8,9)10/h1-2,7H,(H,8,9,10)(H,11,12,13)(H,14,15,16). The van der Waals surface area contributed by atoms with E-state index in [1.165, 1.54) is 0 Å². The second kappa shape index (κ2) is 4.39. The van der Waals surface area contributed by atoms with Crippen LogP contribution in [0.4, 0.5) is 0 Å². The molecule has 10 nitrogen and oxygen atoms in total. The lowest BCUT2D eigenvalue weighted by atomic mass is 10.3. The first-order valence-corrected chi connectivity index (χ1v) is 8.36. The third-order valence-electron chi connectivity index (χ3n) is 1.86. The predicted molar refractivity (Wildman–Crippen MR) is 57.6 cm³/mol. The molecule has 1 rings (SSSR count). The second-order valence-corrected chi connectivity index (χ2v) is 7.36. The maximum absolute atomic E-state index is 10.9. The lowest BCUT2D eigenvalue weighted by molar-refractivity contribution is 0.434. The fourth-order valence-electron chi connectivity index (χ4n) is 1.14. The molecule has 0 radical (unpaired) electrons. The summed E-state index contributed by atoms with van der Waals surface area (Å²) in [4.78, 5) is -4.31. The minimum absolute atomic E-state index is 0.0108. The van der Waals surface area contributed by atoms with Crippen molar-refractivity contribution in [1.82, 2.24) is 0 Å². The van der Waals surface area contributed by atoms with Crippen LogP contribution in [-0.4, -0.2) is 44.0 Å². The molecule has 13 heteroatoms. The summed E-state index contributed by atoms with van der Waals surface area (Å²) in [6.07, 6.45) is 0. The maximum atomic E-state index is 10.9. The zero-order valence-electron chi connectivity index (χ0n) is 8.62. The van der Waals surface area contributed by atoms with E-state index in [4.69, 9.17) is 13.7 Å². The summed E-state index contributed by atoms with van der Waals surface area (Å²) in [6, 6.07) is 0.0463. The predicted octanol–water partition coefficient (Wildman–Crippen LogP) is -0.868. The molecule has 0 aliphatic heterocycles. The third-order valence-corrected chi connectivity index (χ3v) is 4.66. The zero-order valence-corrected chi connectivity index (χ0v) is 11.1. The number of rotatable bonds is 3. The zero-order chi connectivity index (χ0) is 15.2. The molecule has 19 heavy (non-hydrogen) atoms. The average molecular weight is 334 g/mol. The Labute approximate surface area is 107 Å². The van der Waals surface area contributed by atoms with Gasteiger partial charge in [0, 0.05) is 6.07 Å². The molecule has 0 aliphatic carbocycles. The summed E-state index contributed by atoms with van der Waals surface area (Å²) >= 11 is 0. The molecule has 0 heterocycles. The number of hydrogen-bond acceptors (Lipinski definition) is 7. The Kier molecular flexibility index (Phi) is 3.66. The molecule has 0 unspecified atom stereocenters. The first-order valence-electron chi connectivity index (χ1n) is 4.04. The van der Waals surface area contributed by atoms with Crippen molar-refractivity contribution in [3.05, 3.63) is 12.1 Å². The van der Waals surface area contributed by atoms with Crippen molar-refractivity contribution in [2.45, 2.75) is 14.7 Å². The van der Waals surface area contributed by atoms with E-state index in [1.54, 1.807) is 0 Å². The van der Waals surface area contributed by atoms with Crippen molar-refractivity contribution >= 4 is 30.4 Å². The van der Waals surface area contributed by atoms with Gasteiger partial charge in [-0.2, -0.15) is 25.3 Å². The quantitative estimate of drug-likeness (QED) is 0.507. The SMILES string of the molecule is O=S(=O)(O)c1cc(S(=O)(=O)O)c(S(=O)(=O)O)cc1O. The molecule has 0 aliphatic rings. The van der Waals surface area contributed by atoms with Crippen LogP contribution in [0.2, 0.25) is 0 Å². The third kappa shape index (κ3) is 3.40. The van der Waals surface area contributed by atoms with E-state index in [9.17, 15) is 30.4 Å². The normalized spacial score (nSPS) is 13.4. The molecule has 0 amide bonds. The van der Waals surface area contributed by atoms with Gasteiger partial charge in [-0.05, 0) is 6.07 Å². The largest absolute Gasteiger partial charge is 0.506 e. The minimum atomic E-state index is -5.24. The highest BCUT2D eigenvalue weighted by Gasteiger charge is 2.29. The van der Waals surface area contributed by atoms with Crippen LogP contribution >= 0.6 is 0 Å². The highest BCUT2D eigenvalue weighted by Crippen LogP contribution is 2.31. The Hall–Kier alpha value is -1.25. The average Bonchev–Trinajstić information content (AvgIpc) is 2.11. The Morgan fingerprint density at radius 3 is 1.26 bits per heavy atom. The summed E-state index contributed by atoms with van der Waals surface area (Å²) in [6.45, 7) is 0. The topological polar surface area (TPSA) is 183 Å². The summed E-state index contributed by atoms with van der Waals surface area (Å²) in [5.74, 6) is -1.33. The number of benzene rings is 1. The summed E-state index contributed by atoms with van der Waals surface area (Å²) < 4.78 is 91.3. The Morgan fingerprint density at radius 2 is 0.947 bits per heavy atom. The van der Waals surface area contributed by atoms with Gasteiger partial charge in [-0.25, -0.2) is 0 Å². The number of phenolic OH excluding ortho intramolecular Hbond substituents is 1. The molecule has 0 saturated carbocycles.